The normalized spacial score (nSPS) is 16.4. The third-order valence-corrected chi connectivity index (χ3v) is 4.83. The van der Waals surface area contributed by atoms with Crippen LogP contribution in [-0.4, -0.2) is 33.3 Å². The minimum absolute atomic E-state index is 0.0718. The van der Waals surface area contributed by atoms with Crippen LogP contribution in [0.5, 0.6) is 0 Å². The number of benzene rings is 1. The Kier molecular flexibility index (Phi) is 5.25. The van der Waals surface area contributed by atoms with E-state index in [9.17, 15) is 4.79 Å². The summed E-state index contributed by atoms with van der Waals surface area (Å²) in [7, 11) is 0. The fourth-order valence-corrected chi connectivity index (χ4v) is 3.43. The van der Waals surface area contributed by atoms with E-state index in [0.29, 0.717) is 19.0 Å². The van der Waals surface area contributed by atoms with Gasteiger partial charge in [-0.2, -0.15) is 5.10 Å². The third-order valence-electron chi connectivity index (χ3n) is 4.83. The van der Waals surface area contributed by atoms with Gasteiger partial charge in [-0.1, -0.05) is 18.2 Å². The van der Waals surface area contributed by atoms with E-state index in [2.05, 4.69) is 15.6 Å². The summed E-state index contributed by atoms with van der Waals surface area (Å²) in [5.41, 5.74) is 3.82. The number of pyridine rings is 1. The first-order chi connectivity index (χ1) is 13.3. The zero-order valence-corrected chi connectivity index (χ0v) is 15.1. The van der Waals surface area contributed by atoms with Crippen molar-refractivity contribution in [1.82, 2.24) is 25.4 Å². The van der Waals surface area contributed by atoms with Crippen LogP contribution >= 0.6 is 0 Å². The number of rotatable bonds is 6. The van der Waals surface area contributed by atoms with Crippen molar-refractivity contribution in [2.24, 2.45) is 0 Å². The lowest BCUT2D eigenvalue weighted by molar-refractivity contribution is -0.121. The van der Waals surface area contributed by atoms with Gasteiger partial charge in [0.05, 0.1) is 11.4 Å². The number of carbonyl (C=O) groups excluding carboxylic acids is 1. The Morgan fingerprint density at radius 2 is 2.00 bits per heavy atom. The number of aromatic nitrogens is 3. The van der Waals surface area contributed by atoms with Crippen molar-refractivity contribution in [3.63, 3.8) is 0 Å². The van der Waals surface area contributed by atoms with Crippen molar-refractivity contribution in [3.05, 3.63) is 66.6 Å². The Morgan fingerprint density at radius 3 is 2.74 bits per heavy atom. The maximum Gasteiger partial charge on any atom is 0.221 e. The average molecular weight is 361 g/mol. The van der Waals surface area contributed by atoms with Gasteiger partial charge in [0.25, 0.3) is 0 Å². The Bertz CT molecular complexity index is 885. The average Bonchev–Trinajstić information content (AvgIpc) is 3.37. The van der Waals surface area contributed by atoms with E-state index in [0.717, 1.165) is 41.9 Å². The summed E-state index contributed by atoms with van der Waals surface area (Å²) < 4.78 is 1.86. The highest BCUT2D eigenvalue weighted by atomic mass is 16.1. The smallest absolute Gasteiger partial charge is 0.221 e. The number of carbonyl (C=O) groups is 1. The second-order valence-electron chi connectivity index (χ2n) is 6.79. The fraction of sp³-hybridized carbons (Fsp3) is 0.286. The molecule has 27 heavy (non-hydrogen) atoms. The molecule has 6 heteroatoms. The molecule has 1 atom stereocenters. The van der Waals surface area contributed by atoms with Gasteiger partial charge in [-0.3, -0.25) is 9.78 Å². The van der Waals surface area contributed by atoms with Gasteiger partial charge in [0.1, 0.15) is 0 Å². The van der Waals surface area contributed by atoms with Gasteiger partial charge < -0.3 is 10.6 Å². The van der Waals surface area contributed by atoms with Crippen LogP contribution in [0.3, 0.4) is 0 Å². The topological polar surface area (TPSA) is 71.8 Å². The maximum atomic E-state index is 12.3. The molecule has 138 valence electrons. The van der Waals surface area contributed by atoms with E-state index in [-0.39, 0.29) is 5.91 Å². The number of amides is 1. The second-order valence-corrected chi connectivity index (χ2v) is 6.79. The summed E-state index contributed by atoms with van der Waals surface area (Å²) in [4.78, 5) is 16.4. The summed E-state index contributed by atoms with van der Waals surface area (Å²) in [6.07, 6.45) is 8.24. The van der Waals surface area contributed by atoms with Crippen LogP contribution in [-0.2, 0) is 11.3 Å². The summed E-state index contributed by atoms with van der Waals surface area (Å²) in [6, 6.07) is 14.1. The van der Waals surface area contributed by atoms with E-state index in [1.807, 2.05) is 53.3 Å². The highest BCUT2D eigenvalue weighted by molar-refractivity contribution is 5.77. The lowest BCUT2D eigenvalue weighted by atomic mass is 10.1. The lowest BCUT2D eigenvalue weighted by Gasteiger charge is -2.10. The quantitative estimate of drug-likeness (QED) is 0.708. The van der Waals surface area contributed by atoms with Crippen LogP contribution in [0.1, 0.15) is 24.8 Å². The van der Waals surface area contributed by atoms with E-state index < -0.39 is 0 Å². The van der Waals surface area contributed by atoms with Crippen molar-refractivity contribution < 1.29 is 4.79 Å². The number of hydrogen-bond donors (Lipinski definition) is 2. The van der Waals surface area contributed by atoms with E-state index in [1.54, 1.807) is 12.4 Å². The standard InChI is InChI=1S/C21H23N5O/c27-20(13-18-5-4-10-23-18)24-14-17-15-26(19-6-2-1-3-7-19)25-21(17)16-8-11-22-12-9-16/h1-3,6-9,11-12,15,18,23H,4-5,10,13-14H2,(H,24,27). The first kappa shape index (κ1) is 17.4. The summed E-state index contributed by atoms with van der Waals surface area (Å²) >= 11 is 0. The fourth-order valence-electron chi connectivity index (χ4n) is 3.43. The Balaban J connectivity index is 1.54. The molecule has 6 nitrogen and oxygen atoms in total. The second kappa shape index (κ2) is 8.14. The molecule has 1 unspecified atom stereocenters. The van der Waals surface area contributed by atoms with Crippen LogP contribution in [0.25, 0.3) is 16.9 Å². The molecule has 2 aromatic heterocycles. The maximum absolute atomic E-state index is 12.3. The van der Waals surface area contributed by atoms with Crippen LogP contribution in [0, 0.1) is 0 Å². The van der Waals surface area contributed by atoms with Crippen LogP contribution < -0.4 is 10.6 Å². The first-order valence-corrected chi connectivity index (χ1v) is 9.34. The van der Waals surface area contributed by atoms with Crippen molar-refractivity contribution in [1.29, 1.82) is 0 Å². The molecule has 1 amide bonds. The molecule has 1 aliphatic heterocycles. The van der Waals surface area contributed by atoms with Gasteiger partial charge in [0.2, 0.25) is 5.91 Å². The molecular weight excluding hydrogens is 338 g/mol. The molecule has 1 aliphatic rings. The predicted octanol–water partition coefficient (Wildman–Crippen LogP) is 2.69. The molecule has 0 saturated carbocycles. The molecule has 1 fully saturated rings. The van der Waals surface area contributed by atoms with Crippen molar-refractivity contribution >= 4 is 5.91 Å². The molecule has 0 radical (unpaired) electrons. The third kappa shape index (κ3) is 4.23. The van der Waals surface area contributed by atoms with Crippen molar-refractivity contribution in [2.75, 3.05) is 6.54 Å². The minimum atomic E-state index is 0.0718. The van der Waals surface area contributed by atoms with E-state index >= 15 is 0 Å². The van der Waals surface area contributed by atoms with Gasteiger partial charge in [-0.25, -0.2) is 4.68 Å². The van der Waals surface area contributed by atoms with Gasteiger partial charge in [0.15, 0.2) is 0 Å². The number of hydrogen-bond acceptors (Lipinski definition) is 4. The molecule has 2 N–H and O–H groups in total. The van der Waals surface area contributed by atoms with E-state index in [4.69, 9.17) is 5.10 Å². The van der Waals surface area contributed by atoms with Gasteiger partial charge in [0, 0.05) is 48.7 Å². The van der Waals surface area contributed by atoms with Crippen molar-refractivity contribution in [3.8, 4) is 16.9 Å². The van der Waals surface area contributed by atoms with Crippen LogP contribution in [0.4, 0.5) is 0 Å². The number of para-hydroxylation sites is 1. The molecule has 1 saturated heterocycles. The lowest BCUT2D eigenvalue weighted by Crippen LogP contribution is -2.31. The Hall–Kier alpha value is -2.99. The Labute approximate surface area is 158 Å². The first-order valence-electron chi connectivity index (χ1n) is 9.34. The van der Waals surface area contributed by atoms with Gasteiger partial charge >= 0.3 is 0 Å². The zero-order valence-electron chi connectivity index (χ0n) is 15.1. The molecule has 4 rings (SSSR count). The van der Waals surface area contributed by atoms with Crippen LogP contribution in [0.2, 0.25) is 0 Å². The summed E-state index contributed by atoms with van der Waals surface area (Å²) in [5.74, 6) is 0.0718. The SMILES string of the molecule is O=C(CC1CCCN1)NCc1cn(-c2ccccc2)nc1-c1ccncc1. The summed E-state index contributed by atoms with van der Waals surface area (Å²) in [6.45, 7) is 1.46. The molecule has 0 spiro atoms. The van der Waals surface area contributed by atoms with Crippen LogP contribution in [0.15, 0.2) is 61.1 Å². The number of nitrogens with zero attached hydrogens (tertiary/aromatic N) is 3. The van der Waals surface area contributed by atoms with Gasteiger partial charge in [-0.05, 0) is 43.7 Å². The molecular formula is C21H23N5O. The monoisotopic (exact) mass is 361 g/mol. The Morgan fingerprint density at radius 1 is 1.19 bits per heavy atom. The molecule has 3 aromatic rings. The number of nitrogens with one attached hydrogen (secondary N) is 2. The minimum Gasteiger partial charge on any atom is -0.352 e. The molecule has 1 aromatic carbocycles. The van der Waals surface area contributed by atoms with Gasteiger partial charge in [-0.15, -0.1) is 0 Å². The van der Waals surface area contributed by atoms with E-state index in [1.165, 1.54) is 0 Å². The molecule has 0 bridgehead atoms. The van der Waals surface area contributed by atoms with Crippen molar-refractivity contribution in [2.45, 2.75) is 31.8 Å². The molecule has 3 heterocycles. The highest BCUT2D eigenvalue weighted by Gasteiger charge is 2.18. The summed E-state index contributed by atoms with van der Waals surface area (Å²) in [5, 5.41) is 11.2. The zero-order chi connectivity index (χ0) is 18.5. The predicted molar refractivity (Wildman–Crippen MR) is 104 cm³/mol. The largest absolute Gasteiger partial charge is 0.352 e. The molecule has 0 aliphatic carbocycles. The highest BCUT2D eigenvalue weighted by Crippen LogP contribution is 2.23.